The van der Waals surface area contributed by atoms with Crippen LogP contribution in [0.2, 0.25) is 10.0 Å². The highest BCUT2D eigenvalue weighted by molar-refractivity contribution is 9.18. The van der Waals surface area contributed by atoms with Gasteiger partial charge in [0.2, 0.25) is 4.62 Å². The number of allylic oxidation sites excluding steroid dienone is 2. The van der Waals surface area contributed by atoms with Crippen LogP contribution in [0, 0.1) is 0 Å². The van der Waals surface area contributed by atoms with Crippen LogP contribution in [-0.2, 0) is 0 Å². The van der Waals surface area contributed by atoms with Crippen molar-refractivity contribution in [1.29, 1.82) is 0 Å². The van der Waals surface area contributed by atoms with Crippen LogP contribution >= 0.6 is 55.1 Å². The molecule has 122 valence electrons. The van der Waals surface area contributed by atoms with E-state index in [0.29, 0.717) is 41.8 Å². The molecule has 4 rings (SSSR count). The Bertz CT molecular complexity index is 995. The lowest BCUT2D eigenvalue weighted by Crippen LogP contribution is -2.50. The van der Waals surface area contributed by atoms with Crippen molar-refractivity contribution < 1.29 is 13.1 Å². The zero-order chi connectivity index (χ0) is 17.2. The van der Waals surface area contributed by atoms with Gasteiger partial charge in [0.15, 0.2) is 5.70 Å². The van der Waals surface area contributed by atoms with Gasteiger partial charge in [-0.2, -0.15) is 0 Å². The van der Waals surface area contributed by atoms with Crippen LogP contribution in [0.4, 0.5) is 8.63 Å². The minimum atomic E-state index is -4.04. The monoisotopic (exact) mass is 492 g/mol. The molecule has 3 heterocycles. The second-order valence-electron chi connectivity index (χ2n) is 5.39. The Hall–Kier alpha value is -0.885. The summed E-state index contributed by atoms with van der Waals surface area (Å²) in [5.74, 6) is 0. The van der Waals surface area contributed by atoms with Crippen molar-refractivity contribution in [1.82, 2.24) is 4.48 Å². The van der Waals surface area contributed by atoms with E-state index >= 15 is 8.63 Å². The Balaban J connectivity index is 2.15. The van der Waals surface area contributed by atoms with E-state index in [-0.39, 0.29) is 0 Å². The molecule has 0 amide bonds. The first-order valence-electron chi connectivity index (χ1n) is 6.92. The Kier molecular flexibility index (Phi) is 3.84. The third kappa shape index (κ3) is 2.14. The summed E-state index contributed by atoms with van der Waals surface area (Å²) in [6, 6.07) is 8.44. The molecule has 9 heteroatoms. The van der Waals surface area contributed by atoms with Gasteiger partial charge in [0.1, 0.15) is 0 Å². The lowest BCUT2D eigenvalue weighted by molar-refractivity contribution is -0.358. The van der Waals surface area contributed by atoms with Crippen LogP contribution < -0.4 is 0 Å². The minimum Gasteiger partial charge on any atom is -0.389 e. The first-order chi connectivity index (χ1) is 11.3. The SMILES string of the molecule is F[B-]1(F)n2c(Br)ccc2C(c2cccc(Cl)c2Cl)=C2C=CC(Br)=[N+]21. The van der Waals surface area contributed by atoms with Gasteiger partial charge >= 0.3 is 6.97 Å². The molecule has 0 saturated carbocycles. The Labute approximate surface area is 163 Å². The molecule has 0 spiro atoms. The minimum absolute atomic E-state index is 0.296. The highest BCUT2D eigenvalue weighted by Crippen LogP contribution is 2.44. The van der Waals surface area contributed by atoms with E-state index in [2.05, 4.69) is 31.9 Å². The third-order valence-electron chi connectivity index (χ3n) is 4.09. The van der Waals surface area contributed by atoms with E-state index < -0.39 is 6.97 Å². The van der Waals surface area contributed by atoms with Crippen LogP contribution in [0.1, 0.15) is 11.3 Å². The molecular formula is C15H7BBr2Cl2F2N2. The molecule has 0 atom stereocenters. The second kappa shape index (κ2) is 5.56. The van der Waals surface area contributed by atoms with E-state index in [1.54, 1.807) is 42.5 Å². The highest BCUT2D eigenvalue weighted by Gasteiger charge is 2.54. The summed E-state index contributed by atoms with van der Waals surface area (Å²) >= 11 is 18.9. The lowest BCUT2D eigenvalue weighted by atomic mass is 9.86. The molecule has 0 fully saturated rings. The molecule has 1 aromatic carbocycles. The van der Waals surface area contributed by atoms with E-state index in [1.807, 2.05) is 0 Å². The molecule has 24 heavy (non-hydrogen) atoms. The molecule has 0 saturated heterocycles. The van der Waals surface area contributed by atoms with Gasteiger partial charge in [-0.05, 0) is 34.1 Å². The summed E-state index contributed by atoms with van der Waals surface area (Å²) in [7, 11) is 0. The van der Waals surface area contributed by atoms with E-state index in [0.717, 1.165) is 8.96 Å². The third-order valence-corrected chi connectivity index (χ3v) is 6.20. The van der Waals surface area contributed by atoms with Crippen molar-refractivity contribution in [2.24, 2.45) is 0 Å². The van der Waals surface area contributed by atoms with E-state index in [1.165, 1.54) is 0 Å². The topological polar surface area (TPSA) is 7.94 Å². The van der Waals surface area contributed by atoms with Gasteiger partial charge in [0.25, 0.3) is 0 Å². The fraction of sp³-hybridized carbons (Fsp3) is 0. The number of halogens is 6. The zero-order valence-corrected chi connectivity index (χ0v) is 16.5. The number of hydrogen-bond donors (Lipinski definition) is 0. The van der Waals surface area contributed by atoms with Gasteiger partial charge in [-0.3, -0.25) is 0 Å². The first-order valence-corrected chi connectivity index (χ1v) is 9.26. The van der Waals surface area contributed by atoms with Crippen LogP contribution in [0.5, 0.6) is 0 Å². The van der Waals surface area contributed by atoms with Crippen molar-refractivity contribution in [3.8, 4) is 0 Å². The molecule has 0 unspecified atom stereocenters. The average molecular weight is 495 g/mol. The summed E-state index contributed by atoms with van der Waals surface area (Å²) in [4.78, 5) is 0. The number of rotatable bonds is 1. The number of aromatic nitrogens is 1. The molecule has 2 nitrogen and oxygen atoms in total. The molecule has 0 bridgehead atoms. The molecule has 2 aromatic rings. The number of benzene rings is 1. The second-order valence-corrected chi connectivity index (χ2v) is 7.80. The maximum absolute atomic E-state index is 15.1. The smallest absolute Gasteiger partial charge is 0.389 e. The van der Waals surface area contributed by atoms with Crippen molar-refractivity contribution in [2.45, 2.75) is 0 Å². The molecule has 2 aliphatic rings. The lowest BCUT2D eigenvalue weighted by Gasteiger charge is -2.32. The van der Waals surface area contributed by atoms with Crippen LogP contribution in [0.3, 0.4) is 0 Å². The fourth-order valence-electron chi connectivity index (χ4n) is 3.11. The van der Waals surface area contributed by atoms with Gasteiger partial charge in [-0.15, -0.1) is 0 Å². The average Bonchev–Trinajstić information content (AvgIpc) is 3.09. The standard InChI is InChI=1S/C15H7BBr2Cl2F2N2/c17-12-6-4-10-14(8-2-1-3-9(19)15(8)20)11-5-7-13(18)24(11)16(21,22)23(10)12/h1-7H. The summed E-state index contributed by atoms with van der Waals surface area (Å²) in [5, 5.41) is 0.707. The molecular weight excluding hydrogens is 488 g/mol. The maximum atomic E-state index is 15.1. The van der Waals surface area contributed by atoms with Crippen molar-refractivity contribution >= 4 is 72.2 Å². The molecule has 0 aliphatic carbocycles. The quantitative estimate of drug-likeness (QED) is 0.434. The largest absolute Gasteiger partial charge is 0.738 e. The predicted octanol–water partition coefficient (Wildman–Crippen LogP) is 5.93. The van der Waals surface area contributed by atoms with Gasteiger partial charge in [0.05, 0.1) is 20.2 Å². The van der Waals surface area contributed by atoms with Gasteiger partial charge in [0, 0.05) is 39.3 Å². The number of fused-ring (bicyclic) bond motifs is 2. The Morgan fingerprint density at radius 1 is 1.04 bits per heavy atom. The van der Waals surface area contributed by atoms with Crippen LogP contribution in [0.25, 0.3) is 5.57 Å². The summed E-state index contributed by atoms with van der Waals surface area (Å²) in [6.45, 7) is -4.04. The zero-order valence-electron chi connectivity index (χ0n) is 11.8. The van der Waals surface area contributed by atoms with Crippen molar-refractivity contribution in [3.05, 3.63) is 74.1 Å². The number of hydrogen-bond acceptors (Lipinski definition) is 0. The van der Waals surface area contributed by atoms with Gasteiger partial charge in [-0.1, -0.05) is 35.3 Å². The molecule has 2 aliphatic heterocycles. The van der Waals surface area contributed by atoms with Crippen LogP contribution in [0.15, 0.2) is 52.8 Å². The molecule has 1 aromatic heterocycles. The summed E-state index contributed by atoms with van der Waals surface area (Å²) in [5.41, 5.74) is 1.98. The first kappa shape index (κ1) is 16.6. The van der Waals surface area contributed by atoms with E-state index in [4.69, 9.17) is 23.2 Å². The normalized spacial score (nSPS) is 18.2. The van der Waals surface area contributed by atoms with Gasteiger partial charge < -0.3 is 17.6 Å². The Morgan fingerprint density at radius 2 is 1.79 bits per heavy atom. The van der Waals surface area contributed by atoms with Crippen molar-refractivity contribution in [3.63, 3.8) is 0 Å². The van der Waals surface area contributed by atoms with Crippen molar-refractivity contribution in [2.75, 3.05) is 0 Å². The van der Waals surface area contributed by atoms with Crippen LogP contribution in [-0.4, -0.2) is 20.6 Å². The molecule has 0 N–H and O–H groups in total. The predicted molar refractivity (Wildman–Crippen MR) is 101 cm³/mol. The summed E-state index contributed by atoms with van der Waals surface area (Å²) < 4.78 is 32.8. The molecule has 0 radical (unpaired) electrons. The fourth-order valence-corrected chi connectivity index (χ4v) is 4.64. The Morgan fingerprint density at radius 3 is 2.54 bits per heavy atom. The number of nitrogens with zero attached hydrogens (tertiary/aromatic N) is 2. The summed E-state index contributed by atoms with van der Waals surface area (Å²) in [6.07, 6.45) is 3.25. The maximum Gasteiger partial charge on any atom is 0.738 e. The van der Waals surface area contributed by atoms with Gasteiger partial charge in [-0.25, -0.2) is 0 Å². The highest BCUT2D eigenvalue weighted by atomic mass is 79.9. The van der Waals surface area contributed by atoms with E-state index in [9.17, 15) is 0 Å².